The van der Waals surface area contributed by atoms with Crippen LogP contribution in [0.1, 0.15) is 23.9 Å². The molecule has 0 aliphatic rings. The Labute approximate surface area is 172 Å². The first-order chi connectivity index (χ1) is 13.8. The molecule has 0 saturated heterocycles. The highest BCUT2D eigenvalue weighted by atomic mass is 32.2. The summed E-state index contributed by atoms with van der Waals surface area (Å²) in [6.45, 7) is 5.87. The van der Waals surface area contributed by atoms with Crippen LogP contribution in [0.25, 0.3) is 0 Å². The Morgan fingerprint density at radius 3 is 2.66 bits per heavy atom. The lowest BCUT2D eigenvalue weighted by Crippen LogP contribution is -2.24. The van der Waals surface area contributed by atoms with Gasteiger partial charge in [0.25, 0.3) is 0 Å². The standard InChI is InChI=1S/C20H22FN5O2S/c1-12-4-9-17(13(2)10-12)28-11-18-24-25-20(26(18)22)29-14(3)19(27)23-16-7-5-15(21)6-8-16/h4-10,14H,11,22H2,1-3H3,(H,23,27)/t14-/m1/s1. The number of aryl methyl sites for hydroxylation is 2. The highest BCUT2D eigenvalue weighted by molar-refractivity contribution is 8.00. The molecule has 0 radical (unpaired) electrons. The van der Waals surface area contributed by atoms with Gasteiger partial charge in [0.2, 0.25) is 11.1 Å². The minimum absolute atomic E-state index is 0.157. The van der Waals surface area contributed by atoms with Gasteiger partial charge in [0, 0.05) is 5.69 Å². The van der Waals surface area contributed by atoms with E-state index in [2.05, 4.69) is 15.5 Å². The summed E-state index contributed by atoms with van der Waals surface area (Å²) in [6.07, 6.45) is 0. The van der Waals surface area contributed by atoms with Crippen LogP contribution in [-0.2, 0) is 11.4 Å². The summed E-state index contributed by atoms with van der Waals surface area (Å²) in [5.41, 5.74) is 2.69. The molecule has 0 unspecified atom stereocenters. The molecule has 3 rings (SSSR count). The van der Waals surface area contributed by atoms with E-state index in [1.807, 2.05) is 32.0 Å². The second-order valence-electron chi connectivity index (χ2n) is 6.58. The Bertz CT molecular complexity index is 1010. The molecule has 1 aromatic heterocycles. The van der Waals surface area contributed by atoms with Crippen LogP contribution in [0.4, 0.5) is 10.1 Å². The van der Waals surface area contributed by atoms with Gasteiger partial charge in [-0.1, -0.05) is 29.5 Å². The van der Waals surface area contributed by atoms with E-state index in [4.69, 9.17) is 10.6 Å². The summed E-state index contributed by atoms with van der Waals surface area (Å²) in [5.74, 6) is 6.64. The summed E-state index contributed by atoms with van der Waals surface area (Å²) in [4.78, 5) is 12.3. The molecule has 0 saturated carbocycles. The van der Waals surface area contributed by atoms with E-state index in [9.17, 15) is 9.18 Å². The summed E-state index contributed by atoms with van der Waals surface area (Å²) < 4.78 is 20.1. The normalized spacial score (nSPS) is 11.9. The summed E-state index contributed by atoms with van der Waals surface area (Å²) in [7, 11) is 0. The van der Waals surface area contributed by atoms with E-state index in [0.717, 1.165) is 16.9 Å². The van der Waals surface area contributed by atoms with Crippen molar-refractivity contribution < 1.29 is 13.9 Å². The Kier molecular flexibility index (Phi) is 6.38. The van der Waals surface area contributed by atoms with Crippen molar-refractivity contribution in [2.75, 3.05) is 11.2 Å². The number of hydrogen-bond acceptors (Lipinski definition) is 6. The molecular formula is C20H22FN5O2S. The van der Waals surface area contributed by atoms with E-state index in [1.54, 1.807) is 6.92 Å². The van der Waals surface area contributed by atoms with Crippen LogP contribution in [0.3, 0.4) is 0 Å². The smallest absolute Gasteiger partial charge is 0.237 e. The molecular weight excluding hydrogens is 393 g/mol. The van der Waals surface area contributed by atoms with Gasteiger partial charge < -0.3 is 15.9 Å². The number of amides is 1. The average molecular weight is 415 g/mol. The van der Waals surface area contributed by atoms with E-state index in [-0.39, 0.29) is 18.3 Å². The number of nitrogen functional groups attached to an aromatic ring is 1. The van der Waals surface area contributed by atoms with Crippen molar-refractivity contribution in [3.63, 3.8) is 0 Å². The number of nitrogens with one attached hydrogen (secondary N) is 1. The van der Waals surface area contributed by atoms with Crippen molar-refractivity contribution in [2.24, 2.45) is 0 Å². The fraction of sp³-hybridized carbons (Fsp3) is 0.250. The molecule has 0 bridgehead atoms. The van der Waals surface area contributed by atoms with Crippen LogP contribution >= 0.6 is 11.8 Å². The molecule has 152 valence electrons. The number of aromatic nitrogens is 3. The SMILES string of the molecule is Cc1ccc(OCc2nnc(S[C@H](C)C(=O)Nc3ccc(F)cc3)n2N)c(C)c1. The highest BCUT2D eigenvalue weighted by Gasteiger charge is 2.20. The number of halogens is 1. The largest absolute Gasteiger partial charge is 0.485 e. The zero-order chi connectivity index (χ0) is 21.0. The number of thioether (sulfide) groups is 1. The summed E-state index contributed by atoms with van der Waals surface area (Å²) >= 11 is 1.17. The number of ether oxygens (including phenoxy) is 1. The molecule has 0 spiro atoms. The minimum atomic E-state index is -0.486. The number of carbonyl (C=O) groups excluding carboxylic acids is 1. The maximum atomic E-state index is 13.0. The highest BCUT2D eigenvalue weighted by Crippen LogP contribution is 2.23. The van der Waals surface area contributed by atoms with Crippen molar-refractivity contribution in [1.82, 2.24) is 14.9 Å². The number of rotatable bonds is 7. The molecule has 29 heavy (non-hydrogen) atoms. The Morgan fingerprint density at radius 2 is 1.97 bits per heavy atom. The van der Waals surface area contributed by atoms with Crippen molar-refractivity contribution in [3.05, 3.63) is 65.2 Å². The predicted molar refractivity (Wildman–Crippen MR) is 111 cm³/mol. The Hall–Kier alpha value is -3.07. The molecule has 2 aromatic carbocycles. The van der Waals surface area contributed by atoms with Gasteiger partial charge in [0.05, 0.1) is 5.25 Å². The zero-order valence-corrected chi connectivity index (χ0v) is 17.2. The third-order valence-corrected chi connectivity index (χ3v) is 5.24. The molecule has 0 fully saturated rings. The third-order valence-electron chi connectivity index (χ3n) is 4.19. The number of benzene rings is 2. The van der Waals surface area contributed by atoms with Gasteiger partial charge in [-0.2, -0.15) is 0 Å². The van der Waals surface area contributed by atoms with Crippen LogP contribution in [0, 0.1) is 19.7 Å². The molecule has 1 amide bonds. The van der Waals surface area contributed by atoms with Crippen LogP contribution in [0.2, 0.25) is 0 Å². The number of nitrogens with zero attached hydrogens (tertiary/aromatic N) is 3. The summed E-state index contributed by atoms with van der Waals surface area (Å²) in [6, 6.07) is 11.5. The molecule has 9 heteroatoms. The van der Waals surface area contributed by atoms with Crippen LogP contribution in [0.5, 0.6) is 5.75 Å². The molecule has 7 nitrogen and oxygen atoms in total. The average Bonchev–Trinajstić information content (AvgIpc) is 3.02. The van der Waals surface area contributed by atoms with Crippen molar-refractivity contribution >= 4 is 23.4 Å². The lowest BCUT2D eigenvalue weighted by Gasteiger charge is -2.12. The molecule has 0 aliphatic carbocycles. The van der Waals surface area contributed by atoms with Gasteiger partial charge >= 0.3 is 0 Å². The maximum absolute atomic E-state index is 13.0. The Morgan fingerprint density at radius 1 is 1.24 bits per heavy atom. The molecule has 0 aliphatic heterocycles. The molecule has 3 aromatic rings. The van der Waals surface area contributed by atoms with E-state index >= 15 is 0 Å². The lowest BCUT2D eigenvalue weighted by molar-refractivity contribution is -0.115. The topological polar surface area (TPSA) is 95.1 Å². The summed E-state index contributed by atoms with van der Waals surface area (Å²) in [5, 5.41) is 10.7. The van der Waals surface area contributed by atoms with Gasteiger partial charge in [-0.05, 0) is 56.7 Å². The van der Waals surface area contributed by atoms with Crippen molar-refractivity contribution in [3.8, 4) is 5.75 Å². The quantitative estimate of drug-likeness (QED) is 0.453. The van der Waals surface area contributed by atoms with Gasteiger partial charge in [-0.25, -0.2) is 9.07 Å². The van der Waals surface area contributed by atoms with Gasteiger partial charge in [-0.3, -0.25) is 4.79 Å². The first kappa shape index (κ1) is 20.7. The van der Waals surface area contributed by atoms with Gasteiger partial charge in [-0.15, -0.1) is 10.2 Å². The Balaban J connectivity index is 1.59. The van der Waals surface area contributed by atoms with Crippen molar-refractivity contribution in [2.45, 2.75) is 37.8 Å². The maximum Gasteiger partial charge on any atom is 0.237 e. The number of anilines is 1. The van der Waals surface area contributed by atoms with Crippen LogP contribution < -0.4 is 15.9 Å². The first-order valence-electron chi connectivity index (χ1n) is 8.96. The fourth-order valence-corrected chi connectivity index (χ4v) is 3.37. The predicted octanol–water partition coefficient (Wildman–Crippen LogP) is 3.45. The fourth-order valence-electron chi connectivity index (χ4n) is 2.58. The third kappa shape index (κ3) is 5.26. The van der Waals surface area contributed by atoms with Gasteiger partial charge in [0.15, 0.2) is 5.82 Å². The second-order valence-corrected chi connectivity index (χ2v) is 7.89. The van der Waals surface area contributed by atoms with E-state index < -0.39 is 5.25 Å². The van der Waals surface area contributed by atoms with Crippen molar-refractivity contribution in [1.29, 1.82) is 0 Å². The number of carbonyl (C=O) groups is 1. The minimum Gasteiger partial charge on any atom is -0.485 e. The molecule has 1 atom stereocenters. The van der Waals surface area contributed by atoms with Crippen LogP contribution in [0.15, 0.2) is 47.6 Å². The number of hydrogen-bond donors (Lipinski definition) is 2. The monoisotopic (exact) mass is 415 g/mol. The van der Waals surface area contributed by atoms with E-state index in [1.165, 1.54) is 40.7 Å². The number of nitrogens with two attached hydrogens (primary N) is 1. The lowest BCUT2D eigenvalue weighted by atomic mass is 10.1. The van der Waals surface area contributed by atoms with E-state index in [0.29, 0.717) is 16.7 Å². The molecule has 3 N–H and O–H groups in total. The second kappa shape index (κ2) is 8.95. The molecule has 1 heterocycles. The van der Waals surface area contributed by atoms with Gasteiger partial charge in [0.1, 0.15) is 18.2 Å². The zero-order valence-electron chi connectivity index (χ0n) is 16.3. The first-order valence-corrected chi connectivity index (χ1v) is 9.84. The van der Waals surface area contributed by atoms with Crippen LogP contribution in [-0.4, -0.2) is 26.0 Å².